The van der Waals surface area contributed by atoms with Gasteiger partial charge < -0.3 is 4.79 Å². The summed E-state index contributed by atoms with van der Waals surface area (Å²) >= 11 is 0. The maximum atomic E-state index is 10.1. The van der Waals surface area contributed by atoms with Crippen molar-refractivity contribution in [2.24, 2.45) is 0 Å². The molecule has 2 N–H and O–H groups in total. The molecule has 0 aromatic carbocycles. The first kappa shape index (κ1) is 6.74. The summed E-state index contributed by atoms with van der Waals surface area (Å²) in [6, 6.07) is 5.48. The van der Waals surface area contributed by atoms with Crippen LogP contribution in [-0.2, 0) is 11.2 Å². The minimum atomic E-state index is 0.372. The Balaban J connectivity index is 2.91. The SMILES string of the molecule is N[n+]1ccccc1CC=O. The summed E-state index contributed by atoms with van der Waals surface area (Å²) in [5.74, 6) is 5.46. The highest BCUT2D eigenvalue weighted by Gasteiger charge is 2.02. The van der Waals surface area contributed by atoms with Crippen LogP contribution >= 0.6 is 0 Å². The molecule has 1 aromatic rings. The fourth-order valence-electron chi connectivity index (χ4n) is 0.750. The van der Waals surface area contributed by atoms with Crippen molar-refractivity contribution in [3.8, 4) is 0 Å². The lowest BCUT2D eigenvalue weighted by molar-refractivity contribution is -0.646. The largest absolute Gasteiger partial charge is 0.303 e. The van der Waals surface area contributed by atoms with Crippen LogP contribution in [0.1, 0.15) is 5.69 Å². The number of aldehydes is 1. The van der Waals surface area contributed by atoms with Crippen molar-refractivity contribution in [3.63, 3.8) is 0 Å². The van der Waals surface area contributed by atoms with E-state index in [2.05, 4.69) is 0 Å². The van der Waals surface area contributed by atoms with E-state index in [0.717, 1.165) is 12.0 Å². The molecule has 1 aromatic heterocycles. The van der Waals surface area contributed by atoms with Crippen molar-refractivity contribution in [1.29, 1.82) is 0 Å². The molecule has 0 aliphatic heterocycles. The summed E-state index contributed by atoms with van der Waals surface area (Å²) in [6.45, 7) is 0. The van der Waals surface area contributed by atoms with E-state index in [-0.39, 0.29) is 0 Å². The molecule has 1 heterocycles. The summed E-state index contributed by atoms with van der Waals surface area (Å²) in [4.78, 5) is 10.1. The molecule has 0 amide bonds. The minimum absolute atomic E-state index is 0.372. The topological polar surface area (TPSA) is 47.0 Å². The average Bonchev–Trinajstić information content (AvgIpc) is 1.94. The second-order valence-electron chi connectivity index (χ2n) is 1.97. The highest BCUT2D eigenvalue weighted by molar-refractivity contribution is 5.52. The quantitative estimate of drug-likeness (QED) is 0.337. The van der Waals surface area contributed by atoms with E-state index in [1.165, 1.54) is 4.68 Å². The summed E-state index contributed by atoms with van der Waals surface area (Å²) in [7, 11) is 0. The van der Waals surface area contributed by atoms with Gasteiger partial charge >= 0.3 is 0 Å². The number of carbonyl (C=O) groups excluding carboxylic acids is 1. The minimum Gasteiger partial charge on any atom is -0.303 e. The van der Waals surface area contributed by atoms with Crippen molar-refractivity contribution < 1.29 is 9.47 Å². The zero-order chi connectivity index (χ0) is 7.40. The van der Waals surface area contributed by atoms with Crippen LogP contribution in [-0.4, -0.2) is 6.29 Å². The van der Waals surface area contributed by atoms with Crippen molar-refractivity contribution in [3.05, 3.63) is 30.1 Å². The van der Waals surface area contributed by atoms with Crippen LogP contribution in [0.15, 0.2) is 24.4 Å². The Morgan fingerprint density at radius 1 is 1.60 bits per heavy atom. The van der Waals surface area contributed by atoms with Gasteiger partial charge in [-0.15, -0.1) is 0 Å². The number of pyridine rings is 1. The Morgan fingerprint density at radius 3 is 3.00 bits per heavy atom. The third kappa shape index (κ3) is 1.31. The monoisotopic (exact) mass is 137 g/mol. The molecule has 3 heteroatoms. The van der Waals surface area contributed by atoms with Gasteiger partial charge in [0.05, 0.1) is 6.42 Å². The van der Waals surface area contributed by atoms with E-state index in [1.807, 2.05) is 18.2 Å². The lowest BCUT2D eigenvalue weighted by Crippen LogP contribution is -2.47. The molecule has 0 spiro atoms. The van der Waals surface area contributed by atoms with Crippen molar-refractivity contribution in [2.75, 3.05) is 5.84 Å². The Bertz CT molecular complexity index is 235. The number of nitrogen functional groups attached to an aromatic ring is 1. The average molecular weight is 137 g/mol. The van der Waals surface area contributed by atoms with E-state index < -0.39 is 0 Å². The van der Waals surface area contributed by atoms with E-state index in [9.17, 15) is 4.79 Å². The molecule has 0 saturated carbocycles. The highest BCUT2D eigenvalue weighted by atomic mass is 16.1. The molecule has 0 aliphatic carbocycles. The molecule has 0 radical (unpaired) electrons. The second kappa shape index (κ2) is 2.96. The van der Waals surface area contributed by atoms with E-state index in [4.69, 9.17) is 5.84 Å². The van der Waals surface area contributed by atoms with Crippen LogP contribution in [0.3, 0.4) is 0 Å². The van der Waals surface area contributed by atoms with Gasteiger partial charge in [-0.1, -0.05) is 4.68 Å². The van der Waals surface area contributed by atoms with Crippen LogP contribution in [0.25, 0.3) is 0 Å². The van der Waals surface area contributed by atoms with Gasteiger partial charge in [0, 0.05) is 12.1 Å². The van der Waals surface area contributed by atoms with Crippen molar-refractivity contribution in [2.45, 2.75) is 6.42 Å². The van der Waals surface area contributed by atoms with E-state index >= 15 is 0 Å². The fourth-order valence-corrected chi connectivity index (χ4v) is 0.750. The molecule has 0 bridgehead atoms. The molecule has 0 unspecified atom stereocenters. The maximum Gasteiger partial charge on any atom is 0.218 e. The molecule has 1 rings (SSSR count). The standard InChI is InChI=1S/C7H9N2O/c8-9-5-2-1-3-7(9)4-6-10/h1-3,5-6H,4,8H2/q+1. The van der Waals surface area contributed by atoms with Crippen LogP contribution in [0, 0.1) is 0 Å². The van der Waals surface area contributed by atoms with E-state index in [1.54, 1.807) is 6.20 Å². The van der Waals surface area contributed by atoms with Gasteiger partial charge in [-0.25, -0.2) is 5.84 Å². The molecule has 0 atom stereocenters. The Kier molecular flexibility index (Phi) is 1.99. The van der Waals surface area contributed by atoms with Gasteiger partial charge in [-0.05, 0) is 6.07 Å². The normalized spacial score (nSPS) is 9.20. The predicted molar refractivity (Wildman–Crippen MR) is 36.6 cm³/mol. The maximum absolute atomic E-state index is 10.1. The molecule has 0 aliphatic rings. The lowest BCUT2D eigenvalue weighted by Gasteiger charge is -1.89. The summed E-state index contributed by atoms with van der Waals surface area (Å²) in [5.41, 5.74) is 0.817. The predicted octanol–water partition coefficient (Wildman–Crippen LogP) is -0.571. The van der Waals surface area contributed by atoms with Gasteiger partial charge in [-0.3, -0.25) is 0 Å². The molecular formula is C7H9N2O+. The first-order chi connectivity index (χ1) is 4.84. The third-order valence-corrected chi connectivity index (χ3v) is 1.27. The number of nitrogens with two attached hydrogens (primary N) is 1. The number of carbonyl (C=O) groups is 1. The van der Waals surface area contributed by atoms with Gasteiger partial charge in [-0.2, -0.15) is 0 Å². The Hall–Kier alpha value is -1.38. The number of rotatable bonds is 2. The molecule has 10 heavy (non-hydrogen) atoms. The smallest absolute Gasteiger partial charge is 0.218 e. The number of nitrogens with zero attached hydrogens (tertiary/aromatic N) is 1. The van der Waals surface area contributed by atoms with Crippen LogP contribution < -0.4 is 10.5 Å². The first-order valence-corrected chi connectivity index (χ1v) is 3.03. The highest BCUT2D eigenvalue weighted by Crippen LogP contribution is 1.87. The molecule has 0 fully saturated rings. The van der Waals surface area contributed by atoms with Gasteiger partial charge in [0.15, 0.2) is 6.20 Å². The molecule has 0 saturated heterocycles. The first-order valence-electron chi connectivity index (χ1n) is 3.03. The van der Waals surface area contributed by atoms with Crippen molar-refractivity contribution in [1.82, 2.24) is 0 Å². The zero-order valence-corrected chi connectivity index (χ0v) is 5.53. The summed E-state index contributed by atoms with van der Waals surface area (Å²) < 4.78 is 1.44. The zero-order valence-electron chi connectivity index (χ0n) is 5.53. The lowest BCUT2D eigenvalue weighted by atomic mass is 10.3. The van der Waals surface area contributed by atoms with Gasteiger partial charge in [0.2, 0.25) is 5.69 Å². The number of hydrogen-bond donors (Lipinski definition) is 1. The van der Waals surface area contributed by atoms with Crippen molar-refractivity contribution >= 4 is 6.29 Å². The Morgan fingerprint density at radius 2 is 2.40 bits per heavy atom. The second-order valence-corrected chi connectivity index (χ2v) is 1.97. The number of hydrogen-bond acceptors (Lipinski definition) is 2. The van der Waals surface area contributed by atoms with Crippen LogP contribution in [0.5, 0.6) is 0 Å². The molecule has 3 nitrogen and oxygen atoms in total. The summed E-state index contributed by atoms with van der Waals surface area (Å²) in [6.07, 6.45) is 2.91. The van der Waals surface area contributed by atoms with Gasteiger partial charge in [0.1, 0.15) is 6.29 Å². The van der Waals surface area contributed by atoms with Gasteiger partial charge in [0.25, 0.3) is 0 Å². The van der Waals surface area contributed by atoms with E-state index in [0.29, 0.717) is 6.42 Å². The fraction of sp³-hybridized carbons (Fsp3) is 0.143. The van der Waals surface area contributed by atoms with Crippen LogP contribution in [0.2, 0.25) is 0 Å². The summed E-state index contributed by atoms with van der Waals surface area (Å²) in [5, 5.41) is 0. The van der Waals surface area contributed by atoms with Crippen LogP contribution in [0.4, 0.5) is 0 Å². The number of aromatic nitrogens is 1. The molecule has 52 valence electrons. The third-order valence-electron chi connectivity index (χ3n) is 1.27. The molecular weight excluding hydrogens is 128 g/mol. The Labute approximate surface area is 59.1 Å².